The first-order valence-electron chi connectivity index (χ1n) is 9.70. The van der Waals surface area contributed by atoms with E-state index in [9.17, 15) is 14.8 Å². The number of rotatable bonds is 7. The number of hydrogen-bond donors (Lipinski definition) is 4. The molecule has 2 aromatic heterocycles. The molecule has 0 atom stereocenters. The number of thiophene rings is 1. The van der Waals surface area contributed by atoms with Crippen molar-refractivity contribution in [3.63, 3.8) is 0 Å². The van der Waals surface area contributed by atoms with Gasteiger partial charge in [-0.15, -0.1) is 11.3 Å². The Hall–Kier alpha value is -3.09. The van der Waals surface area contributed by atoms with E-state index in [1.54, 1.807) is 11.4 Å². The third-order valence-electron chi connectivity index (χ3n) is 4.56. The Kier molecular flexibility index (Phi) is 8.76. The van der Waals surface area contributed by atoms with Gasteiger partial charge in [-0.2, -0.15) is 0 Å². The fourth-order valence-electron chi connectivity index (χ4n) is 2.85. The third-order valence-corrected chi connectivity index (χ3v) is 6.57. The van der Waals surface area contributed by atoms with Gasteiger partial charge in [-0.05, 0) is 23.6 Å². The molecule has 0 aliphatic rings. The fourth-order valence-corrected chi connectivity index (χ4v) is 4.42. The van der Waals surface area contributed by atoms with Crippen molar-refractivity contribution in [2.24, 2.45) is 10.7 Å². The lowest BCUT2D eigenvalue weighted by molar-refractivity contribution is -0.0243. The Morgan fingerprint density at radius 3 is 2.57 bits per heavy atom. The number of guanidine groups is 1. The molecule has 35 heavy (non-hydrogen) atoms. The maximum Gasteiger partial charge on any atom is 0.267 e. The summed E-state index contributed by atoms with van der Waals surface area (Å²) in [5.41, 5.74) is 6.12. The van der Waals surface area contributed by atoms with E-state index < -0.39 is 11.8 Å². The molecule has 0 radical (unpaired) electrons. The predicted octanol–water partition coefficient (Wildman–Crippen LogP) is 4.75. The first kappa shape index (κ1) is 26.5. The normalized spacial score (nSPS) is 11.2. The first-order valence-corrected chi connectivity index (χ1v) is 11.7. The van der Waals surface area contributed by atoms with Crippen molar-refractivity contribution in [3.05, 3.63) is 66.9 Å². The highest BCUT2D eigenvalue weighted by Gasteiger charge is 2.24. The molecule has 3 rings (SSSR count). The van der Waals surface area contributed by atoms with Crippen molar-refractivity contribution in [2.45, 2.75) is 6.54 Å². The zero-order valence-electron chi connectivity index (χ0n) is 18.3. The van der Waals surface area contributed by atoms with E-state index in [1.165, 1.54) is 38.6 Å². The SMILES string of the molecule is CN=C(N)N(O)Cc1csc(C(=O)Nc2c(OC)cc(Cl)cc2C(=O)Nc2ccc(Cl)cn2)c1Cl. The molecule has 184 valence electrons. The van der Waals surface area contributed by atoms with Crippen LogP contribution >= 0.6 is 46.1 Å². The molecular formula is C21H19Cl3N6O4S. The second-order valence-corrected chi connectivity index (χ2v) is 8.97. The predicted molar refractivity (Wildman–Crippen MR) is 137 cm³/mol. The molecule has 0 aliphatic carbocycles. The number of anilines is 2. The Morgan fingerprint density at radius 2 is 1.94 bits per heavy atom. The summed E-state index contributed by atoms with van der Waals surface area (Å²) >= 11 is 19.4. The summed E-state index contributed by atoms with van der Waals surface area (Å²) in [6.45, 7) is -0.0855. The number of nitrogens with one attached hydrogen (secondary N) is 2. The highest BCUT2D eigenvalue weighted by atomic mass is 35.5. The Morgan fingerprint density at radius 1 is 1.20 bits per heavy atom. The number of ether oxygens (including phenoxy) is 1. The summed E-state index contributed by atoms with van der Waals surface area (Å²) < 4.78 is 5.34. The monoisotopic (exact) mass is 556 g/mol. The number of carbonyl (C=O) groups is 2. The summed E-state index contributed by atoms with van der Waals surface area (Å²) in [7, 11) is 2.79. The Labute approximate surface area is 219 Å². The number of nitrogens with zero attached hydrogens (tertiary/aromatic N) is 3. The van der Waals surface area contributed by atoms with Gasteiger partial charge in [0.05, 0.1) is 35.0 Å². The van der Waals surface area contributed by atoms with Crippen molar-refractivity contribution >= 4 is 75.4 Å². The van der Waals surface area contributed by atoms with Gasteiger partial charge in [0, 0.05) is 29.9 Å². The maximum absolute atomic E-state index is 13.1. The van der Waals surface area contributed by atoms with Crippen LogP contribution in [0.5, 0.6) is 5.75 Å². The van der Waals surface area contributed by atoms with Gasteiger partial charge in [0.2, 0.25) is 5.96 Å². The Balaban J connectivity index is 1.90. The maximum atomic E-state index is 13.1. The standard InChI is InChI=1S/C21H19Cl3N6O4S/c1-26-21(25)30(33)8-10-9-35-18(16(10)24)20(32)29-17-13(5-12(23)6-14(17)34-2)19(31)28-15-4-3-11(22)7-27-15/h3-7,9,33H,8H2,1-2H3,(H2,25,26)(H,29,32)(H,27,28,31). The molecule has 0 saturated carbocycles. The second-order valence-electron chi connectivity index (χ2n) is 6.84. The van der Waals surface area contributed by atoms with E-state index in [1.807, 2.05) is 0 Å². The lowest BCUT2D eigenvalue weighted by Gasteiger charge is -2.16. The molecule has 0 fully saturated rings. The quantitative estimate of drug-likeness (QED) is 0.186. The van der Waals surface area contributed by atoms with Crippen molar-refractivity contribution in [2.75, 3.05) is 24.8 Å². The van der Waals surface area contributed by atoms with E-state index in [0.717, 1.165) is 11.3 Å². The molecule has 0 aliphatic heterocycles. The highest BCUT2D eigenvalue weighted by Crippen LogP contribution is 2.35. The van der Waals surface area contributed by atoms with Crippen molar-refractivity contribution in [3.8, 4) is 5.75 Å². The zero-order chi connectivity index (χ0) is 25.7. The number of nitrogens with two attached hydrogens (primary N) is 1. The van der Waals surface area contributed by atoms with Crippen molar-refractivity contribution < 1.29 is 19.5 Å². The average Bonchev–Trinajstić information content (AvgIpc) is 3.20. The number of amides is 2. The van der Waals surface area contributed by atoms with E-state index in [-0.39, 0.29) is 50.2 Å². The zero-order valence-corrected chi connectivity index (χ0v) is 21.4. The van der Waals surface area contributed by atoms with Gasteiger partial charge in [0.15, 0.2) is 0 Å². The molecule has 0 spiro atoms. The van der Waals surface area contributed by atoms with Crippen LogP contribution in [0.25, 0.3) is 0 Å². The van der Waals surface area contributed by atoms with Crippen LogP contribution in [0.4, 0.5) is 11.5 Å². The molecule has 2 amide bonds. The minimum Gasteiger partial charge on any atom is -0.494 e. The van der Waals surface area contributed by atoms with E-state index in [0.29, 0.717) is 15.6 Å². The number of hydrogen-bond acceptors (Lipinski definition) is 7. The summed E-state index contributed by atoms with van der Waals surface area (Å²) in [5, 5.41) is 18.3. The number of benzene rings is 1. The Bertz CT molecular complexity index is 1280. The van der Waals surface area contributed by atoms with Gasteiger partial charge < -0.3 is 21.1 Å². The number of methoxy groups -OCH3 is 1. The van der Waals surface area contributed by atoms with Gasteiger partial charge in [-0.1, -0.05) is 34.8 Å². The molecule has 0 bridgehead atoms. The van der Waals surface area contributed by atoms with Crippen LogP contribution < -0.4 is 21.1 Å². The molecule has 5 N–H and O–H groups in total. The molecule has 3 aromatic rings. The van der Waals surface area contributed by atoms with Gasteiger partial charge in [-0.25, -0.2) is 10.0 Å². The summed E-state index contributed by atoms with van der Waals surface area (Å²) in [6.07, 6.45) is 1.38. The van der Waals surface area contributed by atoms with Crippen LogP contribution in [0, 0.1) is 0 Å². The van der Waals surface area contributed by atoms with Crippen molar-refractivity contribution in [1.82, 2.24) is 10.0 Å². The summed E-state index contributed by atoms with van der Waals surface area (Å²) in [4.78, 5) is 34.0. The van der Waals surface area contributed by atoms with Crippen LogP contribution in [-0.2, 0) is 6.54 Å². The van der Waals surface area contributed by atoms with Gasteiger partial charge in [0.25, 0.3) is 11.8 Å². The second kappa shape index (κ2) is 11.6. The topological polar surface area (TPSA) is 142 Å². The van der Waals surface area contributed by atoms with Crippen LogP contribution in [-0.4, -0.2) is 47.2 Å². The largest absolute Gasteiger partial charge is 0.494 e. The summed E-state index contributed by atoms with van der Waals surface area (Å²) in [5.74, 6) is -0.923. The van der Waals surface area contributed by atoms with Crippen LogP contribution in [0.3, 0.4) is 0 Å². The lowest BCUT2D eigenvalue weighted by Crippen LogP contribution is -2.33. The molecule has 1 aromatic carbocycles. The number of hydroxylamine groups is 2. The number of aromatic nitrogens is 1. The minimum atomic E-state index is -0.604. The molecule has 2 heterocycles. The first-order chi connectivity index (χ1) is 16.6. The molecule has 0 saturated heterocycles. The lowest BCUT2D eigenvalue weighted by atomic mass is 10.1. The molecule has 0 unspecified atom stereocenters. The van der Waals surface area contributed by atoms with Gasteiger partial charge in [0.1, 0.15) is 16.4 Å². The van der Waals surface area contributed by atoms with Crippen LogP contribution in [0.2, 0.25) is 15.1 Å². The van der Waals surface area contributed by atoms with Gasteiger partial charge >= 0.3 is 0 Å². The number of aliphatic imine (C=N–C) groups is 1. The van der Waals surface area contributed by atoms with Gasteiger partial charge in [-0.3, -0.25) is 19.8 Å². The number of pyridine rings is 1. The molecular weight excluding hydrogens is 539 g/mol. The highest BCUT2D eigenvalue weighted by molar-refractivity contribution is 7.13. The van der Waals surface area contributed by atoms with E-state index in [2.05, 4.69) is 20.6 Å². The molecule has 10 nitrogen and oxygen atoms in total. The minimum absolute atomic E-state index is 0.0285. The van der Waals surface area contributed by atoms with E-state index in [4.69, 9.17) is 45.3 Å². The number of carbonyl (C=O) groups excluding carboxylic acids is 2. The van der Waals surface area contributed by atoms with Crippen LogP contribution in [0.15, 0.2) is 40.8 Å². The van der Waals surface area contributed by atoms with E-state index >= 15 is 0 Å². The van der Waals surface area contributed by atoms with Crippen LogP contribution in [0.1, 0.15) is 25.6 Å². The smallest absolute Gasteiger partial charge is 0.267 e. The summed E-state index contributed by atoms with van der Waals surface area (Å²) in [6, 6.07) is 5.91. The average molecular weight is 558 g/mol. The van der Waals surface area contributed by atoms with Crippen molar-refractivity contribution in [1.29, 1.82) is 0 Å². The molecule has 14 heteroatoms. The number of halogens is 3. The third kappa shape index (κ3) is 6.32. The fraction of sp³-hybridized carbons (Fsp3) is 0.143.